The molecule has 162 valence electrons. The van der Waals surface area contributed by atoms with Gasteiger partial charge in [-0.1, -0.05) is 0 Å². The van der Waals surface area contributed by atoms with Crippen LogP contribution in [-0.4, -0.2) is 56.0 Å². The van der Waals surface area contributed by atoms with E-state index in [9.17, 15) is 26.8 Å². The average molecular weight is 441 g/mol. The van der Waals surface area contributed by atoms with Gasteiger partial charge in [-0.15, -0.1) is 0 Å². The Morgan fingerprint density at radius 1 is 1.47 bits per heavy atom. The smallest absolute Gasteiger partial charge is 0.336 e. The molecule has 1 saturated heterocycles. The van der Waals surface area contributed by atoms with Crippen LogP contribution in [0.3, 0.4) is 0 Å². The highest BCUT2D eigenvalue weighted by Gasteiger charge is 2.40. The number of fused-ring (bicyclic) bond motifs is 1. The molecular formula is C18H21F2N5O4S. The Labute approximate surface area is 172 Å². The molecule has 3 N–H and O–H groups in total. The number of amides is 3. The number of rotatable bonds is 4. The van der Waals surface area contributed by atoms with Crippen LogP contribution in [0.25, 0.3) is 0 Å². The van der Waals surface area contributed by atoms with Gasteiger partial charge >= 0.3 is 6.03 Å². The summed E-state index contributed by atoms with van der Waals surface area (Å²) in [5.41, 5.74) is -0.108. The number of nitrogens with one attached hydrogen (secondary N) is 3. The normalized spacial score (nSPS) is 26.2. The van der Waals surface area contributed by atoms with Gasteiger partial charge in [0.15, 0.2) is 0 Å². The Morgan fingerprint density at radius 2 is 2.17 bits per heavy atom. The molecule has 3 rings (SSSR count). The zero-order valence-corrected chi connectivity index (χ0v) is 17.1. The predicted molar refractivity (Wildman–Crippen MR) is 102 cm³/mol. The maximum atomic E-state index is 14.3. The van der Waals surface area contributed by atoms with E-state index in [0.29, 0.717) is 4.31 Å². The van der Waals surface area contributed by atoms with Crippen molar-refractivity contribution in [2.45, 2.75) is 43.4 Å². The summed E-state index contributed by atoms with van der Waals surface area (Å²) in [6.45, 7) is 2.38. The molecule has 12 heteroatoms. The van der Waals surface area contributed by atoms with Crippen LogP contribution in [0.5, 0.6) is 0 Å². The van der Waals surface area contributed by atoms with E-state index < -0.39 is 58.5 Å². The van der Waals surface area contributed by atoms with Crippen molar-refractivity contribution >= 4 is 27.6 Å². The topological polar surface area (TPSA) is 131 Å². The van der Waals surface area contributed by atoms with Gasteiger partial charge in [0.25, 0.3) is 10.0 Å². The SMILES string of the molecule is Cc1cc(F)cc2c1S(=O)(=O)N(CC(=O)N[C@@H](C)C1NCC(C#N)CC1F)C(=O)N2. The number of halogens is 2. The summed E-state index contributed by atoms with van der Waals surface area (Å²) in [5.74, 6) is -1.98. The number of nitriles is 1. The largest absolute Gasteiger partial charge is 0.350 e. The number of hydrogen-bond acceptors (Lipinski definition) is 6. The maximum absolute atomic E-state index is 14.3. The second kappa shape index (κ2) is 8.16. The van der Waals surface area contributed by atoms with Crippen LogP contribution >= 0.6 is 0 Å². The fourth-order valence-corrected chi connectivity index (χ4v) is 5.36. The van der Waals surface area contributed by atoms with Crippen LogP contribution in [0.2, 0.25) is 0 Å². The number of piperidine rings is 1. The lowest BCUT2D eigenvalue weighted by atomic mass is 9.90. The summed E-state index contributed by atoms with van der Waals surface area (Å²) in [5, 5.41) is 16.5. The molecule has 3 unspecified atom stereocenters. The number of carbonyl (C=O) groups is 2. The second-order valence-corrected chi connectivity index (χ2v) is 9.21. The first-order valence-corrected chi connectivity index (χ1v) is 10.7. The van der Waals surface area contributed by atoms with Crippen molar-refractivity contribution in [3.63, 3.8) is 0 Å². The van der Waals surface area contributed by atoms with Crippen LogP contribution in [0.1, 0.15) is 18.9 Å². The van der Waals surface area contributed by atoms with Gasteiger partial charge in [0, 0.05) is 12.6 Å². The third kappa shape index (κ3) is 4.08. The number of nitrogens with zero attached hydrogens (tertiary/aromatic N) is 2. The minimum Gasteiger partial charge on any atom is -0.350 e. The molecule has 0 aromatic heterocycles. The highest BCUT2D eigenvalue weighted by atomic mass is 32.2. The molecule has 9 nitrogen and oxygen atoms in total. The van der Waals surface area contributed by atoms with E-state index in [1.54, 1.807) is 6.92 Å². The number of urea groups is 1. The van der Waals surface area contributed by atoms with Crippen LogP contribution < -0.4 is 16.0 Å². The Bertz CT molecular complexity index is 1030. The summed E-state index contributed by atoms with van der Waals surface area (Å²) >= 11 is 0. The van der Waals surface area contributed by atoms with Gasteiger partial charge in [-0.25, -0.2) is 26.3 Å². The van der Waals surface area contributed by atoms with Gasteiger partial charge in [-0.2, -0.15) is 5.26 Å². The summed E-state index contributed by atoms with van der Waals surface area (Å²) in [6.07, 6.45) is -1.34. The fraction of sp³-hybridized carbons (Fsp3) is 0.500. The number of alkyl halides is 1. The monoisotopic (exact) mass is 441 g/mol. The number of carbonyl (C=O) groups excluding carboxylic acids is 2. The van der Waals surface area contributed by atoms with E-state index >= 15 is 0 Å². The molecule has 2 heterocycles. The molecule has 3 amide bonds. The van der Waals surface area contributed by atoms with Gasteiger partial charge in [0.2, 0.25) is 5.91 Å². The third-order valence-corrected chi connectivity index (χ3v) is 7.09. The minimum absolute atomic E-state index is 0.0317. The van der Waals surface area contributed by atoms with Gasteiger partial charge < -0.3 is 16.0 Å². The number of hydrogen-bond donors (Lipinski definition) is 3. The van der Waals surface area contributed by atoms with Gasteiger partial charge in [0.05, 0.1) is 23.7 Å². The molecule has 0 spiro atoms. The second-order valence-electron chi connectivity index (χ2n) is 7.41. The Hall–Kier alpha value is -2.78. The molecule has 0 bridgehead atoms. The lowest BCUT2D eigenvalue weighted by Gasteiger charge is -2.35. The predicted octanol–water partition coefficient (Wildman–Crippen LogP) is 1.01. The Balaban J connectivity index is 1.72. The fourth-order valence-electron chi connectivity index (χ4n) is 3.73. The van der Waals surface area contributed by atoms with E-state index in [1.807, 2.05) is 6.07 Å². The van der Waals surface area contributed by atoms with Crippen molar-refractivity contribution < 1.29 is 26.8 Å². The van der Waals surface area contributed by atoms with Crippen molar-refractivity contribution in [1.82, 2.24) is 14.9 Å². The lowest BCUT2D eigenvalue weighted by Crippen LogP contribution is -2.58. The third-order valence-electron chi connectivity index (χ3n) is 5.15. The van der Waals surface area contributed by atoms with Gasteiger partial charge in [-0.3, -0.25) is 4.79 Å². The minimum atomic E-state index is -4.39. The summed E-state index contributed by atoms with van der Waals surface area (Å²) in [6, 6.07) is 1.33. The van der Waals surface area contributed by atoms with E-state index in [4.69, 9.17) is 5.26 Å². The molecule has 2 aliphatic heterocycles. The van der Waals surface area contributed by atoms with Crippen LogP contribution in [0.15, 0.2) is 17.0 Å². The van der Waals surface area contributed by atoms with Crippen molar-refractivity contribution in [3.05, 3.63) is 23.5 Å². The quantitative estimate of drug-likeness (QED) is 0.639. The highest BCUT2D eigenvalue weighted by Crippen LogP contribution is 2.33. The average Bonchev–Trinajstić information content (AvgIpc) is 2.63. The molecule has 30 heavy (non-hydrogen) atoms. The zero-order valence-electron chi connectivity index (χ0n) is 16.3. The Kier molecular flexibility index (Phi) is 5.96. The molecule has 1 aromatic carbocycles. The zero-order chi connectivity index (χ0) is 22.2. The standard InChI is InChI=1S/C18H21F2N5O4S/c1-9-3-12(19)5-14-17(9)30(28,29)25(18(27)24-14)8-15(26)23-10(2)16-13(20)4-11(6-21)7-22-16/h3,5,10-11,13,16,22H,4,7-8H2,1-2H3,(H,23,26)(H,24,27)/t10-,11?,13?,16?/m0/s1. The van der Waals surface area contributed by atoms with Crippen LogP contribution in [-0.2, 0) is 14.8 Å². The number of benzene rings is 1. The van der Waals surface area contributed by atoms with E-state index in [-0.39, 0.29) is 29.1 Å². The number of aryl methyl sites for hydroxylation is 1. The number of anilines is 1. The molecule has 0 saturated carbocycles. The first kappa shape index (κ1) is 21.9. The highest BCUT2D eigenvalue weighted by molar-refractivity contribution is 7.90. The number of sulfonamides is 1. The van der Waals surface area contributed by atoms with E-state index in [0.717, 1.165) is 12.1 Å². The molecule has 4 atom stereocenters. The van der Waals surface area contributed by atoms with Crippen molar-refractivity contribution in [2.75, 3.05) is 18.4 Å². The van der Waals surface area contributed by atoms with E-state index in [2.05, 4.69) is 16.0 Å². The molecule has 2 aliphatic rings. The first-order chi connectivity index (χ1) is 14.0. The van der Waals surface area contributed by atoms with Gasteiger partial charge in [-0.05, 0) is 38.0 Å². The molecule has 1 aromatic rings. The first-order valence-electron chi connectivity index (χ1n) is 9.25. The Morgan fingerprint density at radius 3 is 2.80 bits per heavy atom. The summed E-state index contributed by atoms with van der Waals surface area (Å²) < 4.78 is 53.9. The van der Waals surface area contributed by atoms with Crippen LogP contribution in [0.4, 0.5) is 19.3 Å². The molecule has 0 radical (unpaired) electrons. The molecule has 0 aliphatic carbocycles. The van der Waals surface area contributed by atoms with Crippen LogP contribution in [0, 0.1) is 30.0 Å². The molecule has 1 fully saturated rings. The maximum Gasteiger partial charge on any atom is 0.336 e. The van der Waals surface area contributed by atoms with Crippen molar-refractivity contribution in [1.29, 1.82) is 5.26 Å². The van der Waals surface area contributed by atoms with Gasteiger partial charge in [0.1, 0.15) is 23.4 Å². The van der Waals surface area contributed by atoms with Crippen molar-refractivity contribution in [3.8, 4) is 6.07 Å². The van der Waals surface area contributed by atoms with E-state index in [1.165, 1.54) is 6.92 Å². The summed E-state index contributed by atoms with van der Waals surface area (Å²) in [7, 11) is -4.39. The summed E-state index contributed by atoms with van der Waals surface area (Å²) in [4.78, 5) is 24.4. The molecular weight excluding hydrogens is 420 g/mol. The lowest BCUT2D eigenvalue weighted by molar-refractivity contribution is -0.121. The van der Waals surface area contributed by atoms with Crippen molar-refractivity contribution in [2.24, 2.45) is 5.92 Å².